The van der Waals surface area contributed by atoms with E-state index in [-0.39, 0.29) is 18.4 Å². The summed E-state index contributed by atoms with van der Waals surface area (Å²) in [5.74, 6) is 0.0401. The van der Waals surface area contributed by atoms with Crippen LogP contribution in [0, 0.1) is 5.92 Å². The standard InChI is InChI=1S/C22H31F3N2O2.C2H6.CH4O/c1-3-29-11-9-15(2)26-20-7-5-17(13-20)21(28)27-10-8-16-4-6-19(22(23,24)25)12-18(16)14-27;2*1-2/h4,6,12,15,17,20,26H,3,5,7-11,13-14H2,1-2H3;1-2H3;2H,1H3. The van der Waals surface area contributed by atoms with E-state index in [9.17, 15) is 18.0 Å². The zero-order chi connectivity index (χ0) is 25.0. The largest absolute Gasteiger partial charge is 0.416 e. The maximum Gasteiger partial charge on any atom is 0.416 e. The molecule has 1 heterocycles. The molecule has 0 spiro atoms. The molecule has 2 aliphatic rings. The average Bonchev–Trinajstić information content (AvgIpc) is 3.28. The Balaban J connectivity index is 0.00000129. The van der Waals surface area contributed by atoms with Gasteiger partial charge in [0.1, 0.15) is 0 Å². The Hall–Kier alpha value is -1.64. The number of carbonyl (C=O) groups excluding carboxylic acids is 1. The minimum absolute atomic E-state index is 0.0426. The molecule has 8 heteroatoms. The van der Waals surface area contributed by atoms with Gasteiger partial charge in [0, 0.05) is 51.4 Å². The molecule has 3 atom stereocenters. The number of amides is 1. The predicted molar refractivity (Wildman–Crippen MR) is 125 cm³/mol. The highest BCUT2D eigenvalue weighted by Crippen LogP contribution is 2.33. The zero-order valence-electron chi connectivity index (χ0n) is 20.7. The first kappa shape index (κ1) is 29.4. The van der Waals surface area contributed by atoms with Crippen molar-refractivity contribution >= 4 is 5.91 Å². The van der Waals surface area contributed by atoms with Crippen molar-refractivity contribution in [1.82, 2.24) is 10.2 Å². The van der Waals surface area contributed by atoms with E-state index in [1.807, 2.05) is 20.8 Å². The van der Waals surface area contributed by atoms with E-state index in [0.717, 1.165) is 57.6 Å². The summed E-state index contributed by atoms with van der Waals surface area (Å²) in [6, 6.07) is 4.54. The SMILES string of the molecule is CC.CCOCCC(C)NC1CCC(C(=O)N2CCc3ccc(C(F)(F)F)cc3C2)C1.CO. The quantitative estimate of drug-likeness (QED) is 0.558. The summed E-state index contributed by atoms with van der Waals surface area (Å²) in [6.07, 6.45) is -0.220. The molecular formula is C25H41F3N2O3. The van der Waals surface area contributed by atoms with Crippen LogP contribution in [0.2, 0.25) is 0 Å². The van der Waals surface area contributed by atoms with E-state index >= 15 is 0 Å². The average molecular weight is 475 g/mol. The molecule has 3 rings (SSSR count). The second-order valence-electron chi connectivity index (χ2n) is 8.25. The molecule has 0 aromatic heterocycles. The first-order valence-electron chi connectivity index (χ1n) is 12.0. The number of fused-ring (bicyclic) bond motifs is 1. The summed E-state index contributed by atoms with van der Waals surface area (Å²) in [7, 11) is 1.00. The number of aliphatic hydroxyl groups is 1. The van der Waals surface area contributed by atoms with Gasteiger partial charge in [-0.3, -0.25) is 4.79 Å². The molecule has 0 saturated heterocycles. The van der Waals surface area contributed by atoms with Crippen LogP contribution in [-0.4, -0.2) is 54.9 Å². The lowest BCUT2D eigenvalue weighted by atomic mass is 9.95. The summed E-state index contributed by atoms with van der Waals surface area (Å²) in [5, 5.41) is 10.6. The minimum atomic E-state index is -4.36. The van der Waals surface area contributed by atoms with Crippen LogP contribution >= 0.6 is 0 Å². The van der Waals surface area contributed by atoms with Gasteiger partial charge in [-0.2, -0.15) is 13.2 Å². The molecule has 33 heavy (non-hydrogen) atoms. The molecule has 1 fully saturated rings. The molecule has 1 amide bonds. The van der Waals surface area contributed by atoms with E-state index in [4.69, 9.17) is 9.84 Å². The molecule has 1 aliphatic heterocycles. The zero-order valence-corrected chi connectivity index (χ0v) is 20.7. The van der Waals surface area contributed by atoms with Crippen molar-refractivity contribution in [3.05, 3.63) is 34.9 Å². The van der Waals surface area contributed by atoms with Crippen molar-refractivity contribution in [2.24, 2.45) is 5.92 Å². The van der Waals surface area contributed by atoms with Gasteiger partial charge < -0.3 is 20.1 Å². The molecule has 1 saturated carbocycles. The van der Waals surface area contributed by atoms with Crippen LogP contribution in [0.1, 0.15) is 70.1 Å². The monoisotopic (exact) mass is 474 g/mol. The van der Waals surface area contributed by atoms with Gasteiger partial charge in [-0.15, -0.1) is 0 Å². The number of halogens is 3. The van der Waals surface area contributed by atoms with E-state index in [2.05, 4.69) is 12.2 Å². The van der Waals surface area contributed by atoms with Crippen LogP contribution in [0.5, 0.6) is 0 Å². The Labute approximate surface area is 196 Å². The molecule has 0 radical (unpaired) electrons. The molecule has 3 unspecified atom stereocenters. The van der Waals surface area contributed by atoms with Crippen molar-refractivity contribution in [3.63, 3.8) is 0 Å². The smallest absolute Gasteiger partial charge is 0.400 e. The Bertz CT molecular complexity index is 713. The van der Waals surface area contributed by atoms with Crippen molar-refractivity contribution in [2.45, 2.75) is 84.6 Å². The van der Waals surface area contributed by atoms with Crippen molar-refractivity contribution < 1.29 is 27.8 Å². The van der Waals surface area contributed by atoms with Crippen LogP contribution in [0.3, 0.4) is 0 Å². The van der Waals surface area contributed by atoms with Gasteiger partial charge in [-0.05, 0) is 69.2 Å². The van der Waals surface area contributed by atoms with E-state index in [1.54, 1.807) is 11.0 Å². The van der Waals surface area contributed by atoms with Crippen LogP contribution in [0.4, 0.5) is 13.2 Å². The maximum atomic E-state index is 13.0. The highest BCUT2D eigenvalue weighted by atomic mass is 19.4. The van der Waals surface area contributed by atoms with Gasteiger partial charge in [0.25, 0.3) is 0 Å². The number of carbonyl (C=O) groups is 1. The van der Waals surface area contributed by atoms with E-state index < -0.39 is 11.7 Å². The van der Waals surface area contributed by atoms with Crippen molar-refractivity contribution in [2.75, 3.05) is 26.9 Å². The van der Waals surface area contributed by atoms with Crippen molar-refractivity contribution in [3.8, 4) is 0 Å². The summed E-state index contributed by atoms with van der Waals surface area (Å²) in [5.41, 5.74) is 0.893. The van der Waals surface area contributed by atoms with Gasteiger partial charge in [-0.1, -0.05) is 19.9 Å². The van der Waals surface area contributed by atoms with Gasteiger partial charge in [0.05, 0.1) is 5.56 Å². The molecule has 1 aromatic rings. The Morgan fingerprint density at radius 2 is 1.94 bits per heavy atom. The third-order valence-corrected chi connectivity index (χ3v) is 6.06. The van der Waals surface area contributed by atoms with Crippen LogP contribution in [0.25, 0.3) is 0 Å². The lowest BCUT2D eigenvalue weighted by molar-refractivity contribution is -0.137. The summed E-state index contributed by atoms with van der Waals surface area (Å²) >= 11 is 0. The number of aliphatic hydroxyl groups excluding tert-OH is 1. The fraction of sp³-hybridized carbons (Fsp3) is 0.720. The van der Waals surface area contributed by atoms with Crippen molar-refractivity contribution in [1.29, 1.82) is 0 Å². The number of rotatable bonds is 7. The first-order chi connectivity index (χ1) is 15.8. The lowest BCUT2D eigenvalue weighted by Crippen LogP contribution is -2.40. The minimum Gasteiger partial charge on any atom is -0.400 e. The number of ether oxygens (including phenoxy) is 1. The van der Waals surface area contributed by atoms with Gasteiger partial charge in [0.2, 0.25) is 5.91 Å². The number of benzene rings is 1. The van der Waals surface area contributed by atoms with E-state index in [0.29, 0.717) is 30.6 Å². The molecule has 1 aliphatic carbocycles. The molecule has 1 aromatic carbocycles. The van der Waals surface area contributed by atoms with Crippen LogP contribution in [-0.2, 0) is 28.7 Å². The number of alkyl halides is 3. The Kier molecular flexibility index (Phi) is 13.0. The highest BCUT2D eigenvalue weighted by molar-refractivity contribution is 5.79. The number of nitrogens with zero attached hydrogens (tertiary/aromatic N) is 1. The fourth-order valence-corrected chi connectivity index (χ4v) is 4.43. The second-order valence-corrected chi connectivity index (χ2v) is 8.25. The van der Waals surface area contributed by atoms with Gasteiger partial charge in [-0.25, -0.2) is 0 Å². The highest BCUT2D eigenvalue weighted by Gasteiger charge is 2.35. The first-order valence-corrected chi connectivity index (χ1v) is 12.0. The number of hydrogen-bond acceptors (Lipinski definition) is 4. The summed E-state index contributed by atoms with van der Waals surface area (Å²) in [4.78, 5) is 14.7. The fourth-order valence-electron chi connectivity index (χ4n) is 4.43. The summed E-state index contributed by atoms with van der Waals surface area (Å²) in [6.45, 7) is 10.4. The number of hydrogen-bond donors (Lipinski definition) is 2. The van der Waals surface area contributed by atoms with Crippen LogP contribution in [0.15, 0.2) is 18.2 Å². The van der Waals surface area contributed by atoms with E-state index in [1.165, 1.54) is 6.07 Å². The van der Waals surface area contributed by atoms with Crippen LogP contribution < -0.4 is 5.32 Å². The molecule has 2 N–H and O–H groups in total. The maximum absolute atomic E-state index is 13.0. The molecular weight excluding hydrogens is 433 g/mol. The third-order valence-electron chi connectivity index (χ3n) is 6.06. The number of nitrogens with one attached hydrogen (secondary N) is 1. The molecule has 190 valence electrons. The Morgan fingerprint density at radius 3 is 2.58 bits per heavy atom. The Morgan fingerprint density at radius 1 is 1.24 bits per heavy atom. The summed E-state index contributed by atoms with van der Waals surface area (Å²) < 4.78 is 44.4. The normalized spacial score (nSPS) is 20.7. The topological polar surface area (TPSA) is 61.8 Å². The molecule has 0 bridgehead atoms. The predicted octanol–water partition coefficient (Wildman–Crippen LogP) is 4.80. The second kappa shape index (κ2) is 14.6. The van der Waals surface area contributed by atoms with Gasteiger partial charge in [0.15, 0.2) is 0 Å². The lowest BCUT2D eigenvalue weighted by Gasteiger charge is -2.31. The third kappa shape index (κ3) is 8.91. The van der Waals surface area contributed by atoms with Gasteiger partial charge >= 0.3 is 6.18 Å². The molecule has 5 nitrogen and oxygen atoms in total.